The van der Waals surface area contributed by atoms with Crippen molar-refractivity contribution in [1.82, 2.24) is 0 Å². The van der Waals surface area contributed by atoms with Crippen LogP contribution in [0.5, 0.6) is 0 Å². The standard InChI is InChI=1S/C10H22N2O/c1-12(13)10(11)8-6-4-2-3-5-7-9-10/h12H,2-9,11H2,1H3. The number of hydrogen-bond donors (Lipinski definition) is 2. The second-order valence-electron chi connectivity index (χ2n) is 4.33. The minimum atomic E-state index is -0.496. The fraction of sp³-hybridized carbons (Fsp3) is 1.00. The highest BCUT2D eigenvalue weighted by molar-refractivity contribution is 4.73. The molecule has 0 aromatic heterocycles. The number of rotatable bonds is 1. The summed E-state index contributed by atoms with van der Waals surface area (Å²) in [5.41, 5.74) is 5.60. The molecule has 0 heterocycles. The molecule has 13 heavy (non-hydrogen) atoms. The Morgan fingerprint density at radius 3 is 1.77 bits per heavy atom. The summed E-state index contributed by atoms with van der Waals surface area (Å²) in [5, 5.41) is 11.5. The first-order chi connectivity index (χ1) is 6.15. The fourth-order valence-electron chi connectivity index (χ4n) is 2.07. The molecule has 0 bridgehead atoms. The van der Waals surface area contributed by atoms with Crippen molar-refractivity contribution in [2.24, 2.45) is 5.73 Å². The molecular weight excluding hydrogens is 164 g/mol. The summed E-state index contributed by atoms with van der Waals surface area (Å²) in [6.45, 7) is 0. The smallest absolute Gasteiger partial charge is 0.148 e. The number of nitrogens with two attached hydrogens (primary N) is 1. The van der Waals surface area contributed by atoms with Crippen molar-refractivity contribution >= 4 is 0 Å². The zero-order chi connectivity index (χ0) is 9.73. The Morgan fingerprint density at radius 2 is 1.38 bits per heavy atom. The van der Waals surface area contributed by atoms with Crippen LogP contribution < -0.4 is 10.8 Å². The van der Waals surface area contributed by atoms with Crippen LogP contribution in [0.1, 0.15) is 51.4 Å². The lowest BCUT2D eigenvalue weighted by Gasteiger charge is -2.38. The van der Waals surface area contributed by atoms with Gasteiger partial charge in [0.1, 0.15) is 5.66 Å². The third kappa shape index (κ3) is 3.25. The van der Waals surface area contributed by atoms with Crippen LogP contribution in [-0.4, -0.2) is 12.7 Å². The van der Waals surface area contributed by atoms with Crippen molar-refractivity contribution < 1.29 is 5.06 Å². The zero-order valence-electron chi connectivity index (χ0n) is 8.64. The maximum atomic E-state index is 11.4. The molecule has 1 fully saturated rings. The normalized spacial score (nSPS) is 27.0. The maximum Gasteiger partial charge on any atom is 0.148 e. The molecule has 0 aromatic carbocycles. The first-order valence-electron chi connectivity index (χ1n) is 5.45. The molecule has 3 N–H and O–H groups in total. The lowest BCUT2D eigenvalue weighted by molar-refractivity contribution is -0.887. The van der Waals surface area contributed by atoms with Gasteiger partial charge in [0.05, 0.1) is 7.05 Å². The van der Waals surface area contributed by atoms with E-state index in [1.54, 1.807) is 7.05 Å². The number of quaternary nitrogens is 1. The first kappa shape index (κ1) is 11.0. The highest BCUT2D eigenvalue weighted by Crippen LogP contribution is 2.19. The summed E-state index contributed by atoms with van der Waals surface area (Å²) < 4.78 is 0. The SMILES string of the molecule is C[NH+]([O-])C1(N)CCCCCCCC1. The van der Waals surface area contributed by atoms with E-state index in [4.69, 9.17) is 5.73 Å². The number of hydroxylamine groups is 2. The molecule has 1 saturated carbocycles. The summed E-state index contributed by atoms with van der Waals surface area (Å²) in [6, 6.07) is 0. The van der Waals surface area contributed by atoms with Crippen molar-refractivity contribution in [1.29, 1.82) is 0 Å². The van der Waals surface area contributed by atoms with E-state index in [0.717, 1.165) is 25.7 Å². The molecule has 0 aromatic rings. The van der Waals surface area contributed by atoms with Gasteiger partial charge in [-0.2, -0.15) is 0 Å². The Morgan fingerprint density at radius 1 is 1.00 bits per heavy atom. The van der Waals surface area contributed by atoms with Crippen LogP contribution in [-0.2, 0) is 0 Å². The summed E-state index contributed by atoms with van der Waals surface area (Å²) in [5.74, 6) is 0. The van der Waals surface area contributed by atoms with Gasteiger partial charge in [0.15, 0.2) is 0 Å². The second-order valence-corrected chi connectivity index (χ2v) is 4.33. The highest BCUT2D eigenvalue weighted by atomic mass is 16.5. The van der Waals surface area contributed by atoms with Gasteiger partial charge >= 0.3 is 0 Å². The van der Waals surface area contributed by atoms with Crippen molar-refractivity contribution in [2.45, 2.75) is 57.0 Å². The van der Waals surface area contributed by atoms with Crippen LogP contribution in [0.3, 0.4) is 0 Å². The van der Waals surface area contributed by atoms with Gasteiger partial charge in [-0.05, 0) is 12.8 Å². The minimum Gasteiger partial charge on any atom is -0.633 e. The van der Waals surface area contributed by atoms with Crippen molar-refractivity contribution in [3.05, 3.63) is 5.21 Å². The Hall–Kier alpha value is -0.120. The summed E-state index contributed by atoms with van der Waals surface area (Å²) in [6.07, 6.45) is 9.14. The Kier molecular flexibility index (Phi) is 4.16. The van der Waals surface area contributed by atoms with Gasteiger partial charge in [-0.25, -0.2) is 0 Å². The zero-order valence-corrected chi connectivity index (χ0v) is 8.64. The minimum absolute atomic E-state index is 0.175. The predicted octanol–water partition coefficient (Wildman–Crippen LogP) is 0.788. The topological polar surface area (TPSA) is 53.5 Å². The van der Waals surface area contributed by atoms with Crippen molar-refractivity contribution in [2.75, 3.05) is 7.05 Å². The molecular formula is C10H22N2O. The monoisotopic (exact) mass is 186 g/mol. The molecule has 0 spiro atoms. The molecule has 0 amide bonds. The van der Waals surface area contributed by atoms with E-state index >= 15 is 0 Å². The van der Waals surface area contributed by atoms with Gasteiger partial charge < -0.3 is 10.3 Å². The van der Waals surface area contributed by atoms with E-state index in [0.29, 0.717) is 0 Å². The van der Waals surface area contributed by atoms with E-state index in [-0.39, 0.29) is 5.06 Å². The number of hydrogen-bond acceptors (Lipinski definition) is 2. The number of nitrogens with one attached hydrogen (secondary N) is 1. The van der Waals surface area contributed by atoms with E-state index < -0.39 is 5.66 Å². The third-order valence-corrected chi connectivity index (χ3v) is 3.20. The van der Waals surface area contributed by atoms with E-state index in [2.05, 4.69) is 0 Å². The van der Waals surface area contributed by atoms with Crippen LogP contribution in [0.25, 0.3) is 0 Å². The Bertz CT molecular complexity index is 138. The Balaban J connectivity index is 2.49. The largest absolute Gasteiger partial charge is 0.633 e. The third-order valence-electron chi connectivity index (χ3n) is 3.20. The van der Waals surface area contributed by atoms with Crippen LogP contribution in [0.2, 0.25) is 0 Å². The van der Waals surface area contributed by atoms with Gasteiger partial charge in [0.25, 0.3) is 0 Å². The van der Waals surface area contributed by atoms with Crippen molar-refractivity contribution in [3.63, 3.8) is 0 Å². The fourth-order valence-corrected chi connectivity index (χ4v) is 2.07. The summed E-state index contributed by atoms with van der Waals surface area (Å²) >= 11 is 0. The molecule has 1 aliphatic carbocycles. The summed E-state index contributed by atoms with van der Waals surface area (Å²) in [7, 11) is 1.64. The molecule has 0 aliphatic heterocycles. The average molecular weight is 186 g/mol. The van der Waals surface area contributed by atoms with Gasteiger partial charge in [0.2, 0.25) is 0 Å². The first-order valence-corrected chi connectivity index (χ1v) is 5.45. The van der Waals surface area contributed by atoms with Gasteiger partial charge in [-0.15, -0.1) is 0 Å². The van der Waals surface area contributed by atoms with Gasteiger partial charge in [-0.3, -0.25) is 5.73 Å². The van der Waals surface area contributed by atoms with Crippen LogP contribution in [0.15, 0.2) is 0 Å². The molecule has 1 aliphatic rings. The highest BCUT2D eigenvalue weighted by Gasteiger charge is 2.29. The second kappa shape index (κ2) is 4.94. The average Bonchev–Trinajstić information content (AvgIpc) is 2.18. The van der Waals surface area contributed by atoms with Crippen LogP contribution in [0, 0.1) is 5.21 Å². The van der Waals surface area contributed by atoms with Crippen LogP contribution in [0.4, 0.5) is 0 Å². The van der Waals surface area contributed by atoms with E-state index in [1.165, 1.54) is 25.7 Å². The summed E-state index contributed by atoms with van der Waals surface area (Å²) in [4.78, 5) is 0. The van der Waals surface area contributed by atoms with E-state index in [1.807, 2.05) is 0 Å². The predicted molar refractivity (Wildman–Crippen MR) is 54.1 cm³/mol. The molecule has 3 nitrogen and oxygen atoms in total. The van der Waals surface area contributed by atoms with Gasteiger partial charge in [0, 0.05) is 12.8 Å². The van der Waals surface area contributed by atoms with E-state index in [9.17, 15) is 5.21 Å². The van der Waals surface area contributed by atoms with Crippen LogP contribution >= 0.6 is 0 Å². The Labute approximate surface area is 80.9 Å². The van der Waals surface area contributed by atoms with Gasteiger partial charge in [-0.1, -0.05) is 25.7 Å². The molecule has 1 atom stereocenters. The lowest BCUT2D eigenvalue weighted by atomic mass is 9.98. The molecule has 1 unspecified atom stereocenters. The molecule has 3 heteroatoms. The molecule has 0 saturated heterocycles. The lowest BCUT2D eigenvalue weighted by Crippen LogP contribution is -3.15. The quantitative estimate of drug-likeness (QED) is 0.470. The molecule has 78 valence electrons. The maximum absolute atomic E-state index is 11.4. The van der Waals surface area contributed by atoms with Crippen molar-refractivity contribution in [3.8, 4) is 0 Å². The molecule has 1 rings (SSSR count). The molecule has 0 radical (unpaired) electrons.